The van der Waals surface area contributed by atoms with Crippen molar-refractivity contribution in [1.82, 2.24) is 15.0 Å². The molecule has 3 heteroatoms. The van der Waals surface area contributed by atoms with Gasteiger partial charge in [0.1, 0.15) is 0 Å². The Morgan fingerprint density at radius 3 is 1.59 bits per heavy atom. The molecule has 0 aliphatic heterocycles. The van der Waals surface area contributed by atoms with Gasteiger partial charge in [0, 0.05) is 12.7 Å². The normalized spacial score (nSPS) is 11.2. The van der Waals surface area contributed by atoms with Crippen molar-refractivity contribution in [1.29, 1.82) is 0 Å². The topological polar surface area (TPSA) is 30.7 Å². The lowest BCUT2D eigenvalue weighted by Crippen LogP contribution is -1.98. The number of rotatable bonds is 15. The van der Waals surface area contributed by atoms with Gasteiger partial charge in [-0.3, -0.25) is 4.68 Å². The Hall–Kier alpha value is -0.860. The number of unbranched alkanes of at least 4 members (excludes halogenated alkanes) is 13. The van der Waals surface area contributed by atoms with Crippen LogP contribution in [0.3, 0.4) is 0 Å². The van der Waals surface area contributed by atoms with Crippen molar-refractivity contribution < 1.29 is 0 Å². The Kier molecular flexibility index (Phi) is 12.0. The van der Waals surface area contributed by atoms with E-state index in [4.69, 9.17) is 0 Å². The molecule has 0 unspecified atom stereocenters. The Labute approximate surface area is 137 Å². The zero-order valence-corrected chi connectivity index (χ0v) is 15.0. The predicted octanol–water partition coefficient (Wildman–Crippen LogP) is 6.07. The summed E-state index contributed by atoms with van der Waals surface area (Å²) in [6.45, 7) is 5.31. The van der Waals surface area contributed by atoms with E-state index >= 15 is 0 Å². The van der Waals surface area contributed by atoms with E-state index in [-0.39, 0.29) is 0 Å². The third-order valence-electron chi connectivity index (χ3n) is 4.39. The molecular formula is C19H37N3. The number of hydrogen-bond donors (Lipinski definition) is 0. The fraction of sp³-hybridized carbons (Fsp3) is 0.895. The maximum absolute atomic E-state index is 4.08. The summed E-state index contributed by atoms with van der Waals surface area (Å²) in [6, 6.07) is 0. The van der Waals surface area contributed by atoms with Crippen LogP contribution in [0, 0.1) is 6.92 Å². The van der Waals surface area contributed by atoms with E-state index in [0.717, 1.165) is 12.2 Å². The molecule has 0 fully saturated rings. The summed E-state index contributed by atoms with van der Waals surface area (Å²) in [5, 5.41) is 8.10. The first kappa shape index (κ1) is 19.2. The van der Waals surface area contributed by atoms with Crippen molar-refractivity contribution in [2.75, 3.05) is 0 Å². The van der Waals surface area contributed by atoms with Crippen LogP contribution in [0.2, 0.25) is 0 Å². The van der Waals surface area contributed by atoms with Crippen LogP contribution < -0.4 is 0 Å². The Bertz CT molecular complexity index is 346. The van der Waals surface area contributed by atoms with Gasteiger partial charge in [-0.15, -0.1) is 5.10 Å². The van der Waals surface area contributed by atoms with Crippen LogP contribution >= 0.6 is 0 Å². The van der Waals surface area contributed by atoms with Crippen molar-refractivity contribution in [3.05, 3.63) is 11.9 Å². The standard InChI is InChI=1S/C19H37N3/c1-3-4-5-6-7-8-9-10-11-12-13-14-15-16-17-22-18-19(2)20-21-22/h18H,3-17H2,1-2H3. The zero-order chi connectivity index (χ0) is 15.9. The van der Waals surface area contributed by atoms with Gasteiger partial charge in [-0.05, 0) is 13.3 Å². The van der Waals surface area contributed by atoms with Crippen LogP contribution in [-0.4, -0.2) is 15.0 Å². The lowest BCUT2D eigenvalue weighted by atomic mass is 10.0. The van der Waals surface area contributed by atoms with E-state index in [2.05, 4.69) is 17.2 Å². The number of nitrogens with zero attached hydrogens (tertiary/aromatic N) is 3. The lowest BCUT2D eigenvalue weighted by molar-refractivity contribution is 0.504. The van der Waals surface area contributed by atoms with Gasteiger partial charge >= 0.3 is 0 Å². The largest absolute Gasteiger partial charge is 0.252 e. The van der Waals surface area contributed by atoms with Crippen LogP contribution in [0.5, 0.6) is 0 Å². The second kappa shape index (κ2) is 13.8. The minimum absolute atomic E-state index is 1.02. The third kappa shape index (κ3) is 10.8. The average molecular weight is 308 g/mol. The highest BCUT2D eigenvalue weighted by Gasteiger charge is 1.96. The summed E-state index contributed by atoms with van der Waals surface area (Å²) in [5.74, 6) is 0. The fourth-order valence-corrected chi connectivity index (χ4v) is 2.97. The van der Waals surface area contributed by atoms with Gasteiger partial charge in [0.25, 0.3) is 0 Å². The third-order valence-corrected chi connectivity index (χ3v) is 4.39. The minimum Gasteiger partial charge on any atom is -0.252 e. The lowest BCUT2D eigenvalue weighted by Gasteiger charge is -2.03. The van der Waals surface area contributed by atoms with Gasteiger partial charge in [-0.2, -0.15) is 0 Å². The summed E-state index contributed by atoms with van der Waals surface area (Å²) < 4.78 is 1.97. The average Bonchev–Trinajstić information content (AvgIpc) is 2.93. The van der Waals surface area contributed by atoms with Crippen molar-refractivity contribution in [2.45, 2.75) is 110 Å². The van der Waals surface area contributed by atoms with E-state index in [1.165, 1.54) is 89.9 Å². The number of hydrogen-bond acceptors (Lipinski definition) is 2. The van der Waals surface area contributed by atoms with Crippen LogP contribution in [-0.2, 0) is 6.54 Å². The quantitative estimate of drug-likeness (QED) is 0.368. The van der Waals surface area contributed by atoms with Crippen LogP contribution in [0.25, 0.3) is 0 Å². The molecular weight excluding hydrogens is 270 g/mol. The molecule has 0 aromatic carbocycles. The second-order valence-electron chi connectivity index (χ2n) is 6.72. The number of aromatic nitrogens is 3. The molecule has 22 heavy (non-hydrogen) atoms. The smallest absolute Gasteiger partial charge is 0.0796 e. The minimum atomic E-state index is 1.02. The Morgan fingerprint density at radius 2 is 1.18 bits per heavy atom. The summed E-state index contributed by atoms with van der Waals surface area (Å²) in [6.07, 6.45) is 21.8. The number of aryl methyl sites for hydroxylation is 2. The van der Waals surface area contributed by atoms with Crippen molar-refractivity contribution in [2.24, 2.45) is 0 Å². The van der Waals surface area contributed by atoms with Crippen molar-refractivity contribution in [3.8, 4) is 0 Å². The molecule has 1 heterocycles. The van der Waals surface area contributed by atoms with E-state index in [1.807, 2.05) is 17.8 Å². The van der Waals surface area contributed by atoms with Gasteiger partial charge in [0.05, 0.1) is 5.69 Å². The molecule has 0 radical (unpaired) electrons. The van der Waals surface area contributed by atoms with Gasteiger partial charge < -0.3 is 0 Å². The molecule has 3 nitrogen and oxygen atoms in total. The van der Waals surface area contributed by atoms with Gasteiger partial charge in [0.2, 0.25) is 0 Å². The highest BCUT2D eigenvalue weighted by atomic mass is 15.4. The first-order chi connectivity index (χ1) is 10.8. The fourth-order valence-electron chi connectivity index (χ4n) is 2.97. The molecule has 0 saturated heterocycles. The first-order valence-corrected chi connectivity index (χ1v) is 9.69. The van der Waals surface area contributed by atoms with Crippen molar-refractivity contribution >= 4 is 0 Å². The first-order valence-electron chi connectivity index (χ1n) is 9.69. The molecule has 0 aliphatic rings. The molecule has 0 aliphatic carbocycles. The summed E-state index contributed by atoms with van der Waals surface area (Å²) >= 11 is 0. The maximum Gasteiger partial charge on any atom is 0.0796 e. The van der Waals surface area contributed by atoms with Gasteiger partial charge in [0.15, 0.2) is 0 Å². The molecule has 1 aromatic heterocycles. The van der Waals surface area contributed by atoms with E-state index in [1.54, 1.807) is 0 Å². The van der Waals surface area contributed by atoms with Gasteiger partial charge in [-0.25, -0.2) is 0 Å². The molecule has 1 aromatic rings. The molecule has 0 amide bonds. The van der Waals surface area contributed by atoms with E-state index < -0.39 is 0 Å². The molecule has 0 atom stereocenters. The van der Waals surface area contributed by atoms with Gasteiger partial charge in [-0.1, -0.05) is 95.6 Å². The Morgan fingerprint density at radius 1 is 0.727 bits per heavy atom. The van der Waals surface area contributed by atoms with Crippen LogP contribution in [0.15, 0.2) is 6.20 Å². The Balaban J connectivity index is 1.73. The molecule has 128 valence electrons. The second-order valence-corrected chi connectivity index (χ2v) is 6.72. The summed E-state index contributed by atoms with van der Waals surface area (Å²) in [5.41, 5.74) is 1.02. The van der Waals surface area contributed by atoms with Crippen molar-refractivity contribution in [3.63, 3.8) is 0 Å². The summed E-state index contributed by atoms with van der Waals surface area (Å²) in [4.78, 5) is 0. The molecule has 0 spiro atoms. The SMILES string of the molecule is CCCCCCCCCCCCCCCCn1cc(C)nn1. The molecule has 0 saturated carbocycles. The maximum atomic E-state index is 4.08. The van der Waals surface area contributed by atoms with E-state index in [0.29, 0.717) is 0 Å². The molecule has 1 rings (SSSR count). The highest BCUT2D eigenvalue weighted by molar-refractivity contribution is 4.86. The van der Waals surface area contributed by atoms with E-state index in [9.17, 15) is 0 Å². The molecule has 0 N–H and O–H groups in total. The van der Waals surface area contributed by atoms with Crippen LogP contribution in [0.1, 0.15) is 103 Å². The zero-order valence-electron chi connectivity index (χ0n) is 15.0. The monoisotopic (exact) mass is 307 g/mol. The summed E-state index contributed by atoms with van der Waals surface area (Å²) in [7, 11) is 0. The highest BCUT2D eigenvalue weighted by Crippen LogP contribution is 2.13. The molecule has 0 bridgehead atoms. The predicted molar refractivity (Wildman–Crippen MR) is 95.1 cm³/mol. The van der Waals surface area contributed by atoms with Crippen LogP contribution in [0.4, 0.5) is 0 Å².